The number of hydrogen-bond donors (Lipinski definition) is 2. The van der Waals surface area contributed by atoms with Crippen LogP contribution >= 0.6 is 0 Å². The van der Waals surface area contributed by atoms with Gasteiger partial charge in [0.1, 0.15) is 6.33 Å². The third-order valence-corrected chi connectivity index (χ3v) is 4.38. The van der Waals surface area contributed by atoms with E-state index >= 15 is 0 Å². The molecule has 0 spiro atoms. The molecular formula is C11H17N5O2S. The molecule has 0 bridgehead atoms. The summed E-state index contributed by atoms with van der Waals surface area (Å²) >= 11 is 0. The molecule has 8 heteroatoms. The molecule has 1 aromatic rings. The number of aromatic nitrogens is 2. The lowest BCUT2D eigenvalue weighted by Gasteiger charge is -2.30. The molecular weight excluding hydrogens is 266 g/mol. The van der Waals surface area contributed by atoms with Gasteiger partial charge in [0.2, 0.25) is 5.96 Å². The average molecular weight is 283 g/mol. The molecule has 0 saturated carbocycles. The molecule has 2 heterocycles. The number of guanidine groups is 1. The molecule has 104 valence electrons. The van der Waals surface area contributed by atoms with Crippen molar-refractivity contribution in [2.75, 3.05) is 0 Å². The van der Waals surface area contributed by atoms with Crippen LogP contribution in [0.1, 0.15) is 27.7 Å². The predicted octanol–water partition coefficient (Wildman–Crippen LogP) is 0.780. The van der Waals surface area contributed by atoms with Gasteiger partial charge in [-0.1, -0.05) is 20.8 Å². The standard InChI is InChI=1S/C11H17N5O2S/c1-7(11(2,3)4)14-10-15-9-8(5-12-6-13-9)19(17,18)16-10/h5-7H,1-4H3,(H2,12,13,14,15,16). The first kappa shape index (κ1) is 13.7. The zero-order valence-electron chi connectivity index (χ0n) is 11.3. The van der Waals surface area contributed by atoms with Crippen LogP contribution in [0.5, 0.6) is 0 Å². The largest absolute Gasteiger partial charge is 0.352 e. The lowest BCUT2D eigenvalue weighted by atomic mass is 9.88. The molecule has 0 amide bonds. The van der Waals surface area contributed by atoms with Gasteiger partial charge in [0.25, 0.3) is 10.0 Å². The summed E-state index contributed by atoms with van der Waals surface area (Å²) < 4.78 is 26.4. The van der Waals surface area contributed by atoms with E-state index in [-0.39, 0.29) is 28.1 Å². The Hall–Kier alpha value is -1.70. The maximum atomic E-state index is 12.0. The van der Waals surface area contributed by atoms with E-state index in [4.69, 9.17) is 0 Å². The van der Waals surface area contributed by atoms with Gasteiger partial charge in [-0.3, -0.25) is 0 Å². The lowest BCUT2D eigenvalue weighted by molar-refractivity contribution is 0.315. The second-order valence-electron chi connectivity index (χ2n) is 5.51. The minimum absolute atomic E-state index is 0.0102. The molecule has 0 aromatic carbocycles. The molecule has 1 aromatic heterocycles. The van der Waals surface area contributed by atoms with E-state index in [0.29, 0.717) is 0 Å². The van der Waals surface area contributed by atoms with E-state index < -0.39 is 10.0 Å². The molecule has 1 unspecified atom stereocenters. The first-order valence-electron chi connectivity index (χ1n) is 5.88. The predicted molar refractivity (Wildman–Crippen MR) is 71.5 cm³/mol. The normalized spacial score (nSPS) is 18.8. The lowest BCUT2D eigenvalue weighted by Crippen LogP contribution is -2.50. The van der Waals surface area contributed by atoms with Gasteiger partial charge in [0.15, 0.2) is 10.7 Å². The summed E-state index contributed by atoms with van der Waals surface area (Å²) in [6.45, 7) is 8.13. The van der Waals surface area contributed by atoms with Crippen LogP contribution in [0.15, 0.2) is 22.4 Å². The second-order valence-corrected chi connectivity index (χ2v) is 7.16. The Kier molecular flexibility index (Phi) is 3.21. The highest BCUT2D eigenvalue weighted by molar-refractivity contribution is 7.90. The van der Waals surface area contributed by atoms with Crippen LogP contribution in [0, 0.1) is 5.41 Å². The van der Waals surface area contributed by atoms with E-state index in [1.165, 1.54) is 12.5 Å². The molecule has 1 aliphatic rings. The molecule has 19 heavy (non-hydrogen) atoms. The van der Waals surface area contributed by atoms with Gasteiger partial charge in [0.05, 0.1) is 6.20 Å². The quantitative estimate of drug-likeness (QED) is 0.794. The smallest absolute Gasteiger partial charge is 0.269 e. The Morgan fingerprint density at radius 3 is 2.68 bits per heavy atom. The fraction of sp³-hybridized carbons (Fsp3) is 0.545. The van der Waals surface area contributed by atoms with E-state index in [1.807, 2.05) is 6.92 Å². The van der Waals surface area contributed by atoms with Crippen molar-refractivity contribution in [1.29, 1.82) is 0 Å². The first-order valence-corrected chi connectivity index (χ1v) is 7.36. The van der Waals surface area contributed by atoms with Crippen LogP contribution in [0.4, 0.5) is 5.82 Å². The van der Waals surface area contributed by atoms with Crippen LogP contribution < -0.4 is 10.0 Å². The van der Waals surface area contributed by atoms with Gasteiger partial charge < -0.3 is 5.32 Å². The van der Waals surface area contributed by atoms with E-state index in [0.717, 1.165) is 0 Å². The summed E-state index contributed by atoms with van der Waals surface area (Å²) in [7, 11) is -3.65. The van der Waals surface area contributed by atoms with Gasteiger partial charge in [-0.25, -0.2) is 23.1 Å². The van der Waals surface area contributed by atoms with Crippen molar-refractivity contribution in [3.05, 3.63) is 12.5 Å². The number of fused-ring (bicyclic) bond motifs is 1. The molecule has 2 N–H and O–H groups in total. The maximum absolute atomic E-state index is 12.0. The molecule has 7 nitrogen and oxygen atoms in total. The van der Waals surface area contributed by atoms with Crippen molar-refractivity contribution in [3.8, 4) is 0 Å². The molecule has 0 aliphatic carbocycles. The van der Waals surface area contributed by atoms with E-state index in [9.17, 15) is 8.42 Å². The monoisotopic (exact) mass is 283 g/mol. The maximum Gasteiger partial charge on any atom is 0.269 e. The van der Waals surface area contributed by atoms with Crippen LogP contribution in [0.2, 0.25) is 0 Å². The van der Waals surface area contributed by atoms with Gasteiger partial charge in [-0.05, 0) is 12.3 Å². The fourth-order valence-electron chi connectivity index (χ4n) is 1.38. The number of sulfonamides is 1. The van der Waals surface area contributed by atoms with Crippen LogP contribution in [0.25, 0.3) is 0 Å². The topological polar surface area (TPSA) is 96.3 Å². The number of hydrogen-bond acceptors (Lipinski definition) is 6. The van der Waals surface area contributed by atoms with Gasteiger partial charge in [0, 0.05) is 6.04 Å². The second kappa shape index (κ2) is 4.44. The van der Waals surface area contributed by atoms with Crippen molar-refractivity contribution in [1.82, 2.24) is 20.0 Å². The average Bonchev–Trinajstić information content (AvgIpc) is 2.26. The summed E-state index contributed by atoms with van der Waals surface area (Å²) in [5, 5.41) is 3.05. The van der Waals surface area contributed by atoms with E-state index in [2.05, 4.69) is 45.8 Å². The van der Waals surface area contributed by atoms with Crippen molar-refractivity contribution >= 4 is 21.8 Å². The highest BCUT2D eigenvalue weighted by Gasteiger charge is 2.29. The summed E-state index contributed by atoms with van der Waals surface area (Å²) in [4.78, 5) is 11.7. The van der Waals surface area contributed by atoms with Crippen LogP contribution in [0.3, 0.4) is 0 Å². The molecule has 0 saturated heterocycles. The van der Waals surface area contributed by atoms with Gasteiger partial charge in [-0.15, -0.1) is 0 Å². The first-order chi connectivity index (χ1) is 8.70. The van der Waals surface area contributed by atoms with Crippen molar-refractivity contribution in [3.63, 3.8) is 0 Å². The van der Waals surface area contributed by atoms with E-state index in [1.54, 1.807) is 0 Å². The Bertz CT molecular complexity index is 618. The summed E-state index contributed by atoms with van der Waals surface area (Å²) in [5.41, 5.74) is -0.0279. The van der Waals surface area contributed by atoms with Crippen molar-refractivity contribution < 1.29 is 8.42 Å². The van der Waals surface area contributed by atoms with Crippen molar-refractivity contribution in [2.24, 2.45) is 10.4 Å². The minimum Gasteiger partial charge on any atom is -0.352 e. The van der Waals surface area contributed by atoms with Gasteiger partial charge in [-0.2, -0.15) is 4.99 Å². The minimum atomic E-state index is -3.65. The fourth-order valence-corrected chi connectivity index (χ4v) is 2.39. The van der Waals surface area contributed by atoms with Crippen molar-refractivity contribution in [2.45, 2.75) is 38.6 Å². The van der Waals surface area contributed by atoms with Gasteiger partial charge >= 0.3 is 0 Å². The Morgan fingerprint density at radius 2 is 2.05 bits per heavy atom. The summed E-state index contributed by atoms with van der Waals surface area (Å²) in [5.74, 6) is 0.339. The molecule has 1 atom stereocenters. The highest BCUT2D eigenvalue weighted by Crippen LogP contribution is 2.24. The summed E-state index contributed by atoms with van der Waals surface area (Å²) in [6.07, 6.45) is 2.51. The third-order valence-electron chi connectivity index (χ3n) is 3.05. The Morgan fingerprint density at radius 1 is 1.37 bits per heavy atom. The molecule has 0 fully saturated rings. The zero-order valence-corrected chi connectivity index (χ0v) is 12.1. The number of nitrogens with one attached hydrogen (secondary N) is 2. The molecule has 1 aliphatic heterocycles. The van der Waals surface area contributed by atoms with Crippen LogP contribution in [-0.2, 0) is 10.0 Å². The Labute approximate surface area is 112 Å². The SMILES string of the molecule is CC(NC1=Nc2ncncc2S(=O)(=O)N1)C(C)(C)C. The number of aliphatic imine (C=N–C) groups is 1. The Balaban J connectivity index is 2.34. The number of rotatable bonds is 1. The summed E-state index contributed by atoms with van der Waals surface area (Å²) in [6, 6.07) is 0.0392. The zero-order chi connectivity index (χ0) is 14.3. The number of nitrogens with zero attached hydrogens (tertiary/aromatic N) is 3. The van der Waals surface area contributed by atoms with Crippen LogP contribution in [-0.4, -0.2) is 30.4 Å². The third kappa shape index (κ3) is 2.83. The molecule has 2 rings (SSSR count). The highest BCUT2D eigenvalue weighted by atomic mass is 32.2. The molecule has 0 radical (unpaired) electrons.